The largest absolute Gasteiger partial charge is 0.137 e. The number of halogens is 2. The molecule has 0 aliphatic rings. The Labute approximate surface area is 107 Å². The minimum atomic E-state index is 0.964. The van der Waals surface area contributed by atoms with Gasteiger partial charge < -0.3 is 0 Å². The monoisotopic (exact) mass is 342 g/mol. The topological polar surface area (TPSA) is 25.8 Å². The summed E-state index contributed by atoms with van der Waals surface area (Å²) in [6, 6.07) is 8.17. The lowest BCUT2D eigenvalue weighted by Crippen LogP contribution is -1.79. The molecule has 15 heavy (non-hydrogen) atoms. The van der Waals surface area contributed by atoms with Gasteiger partial charge in [-0.05, 0) is 48.8 Å². The number of nitrogens with zero attached hydrogens (tertiary/aromatic N) is 2. The van der Waals surface area contributed by atoms with Gasteiger partial charge >= 0.3 is 0 Å². The normalized spacial score (nSPS) is 11.3. The number of aromatic nitrogens is 2. The van der Waals surface area contributed by atoms with Crippen molar-refractivity contribution in [2.24, 2.45) is 0 Å². The zero-order chi connectivity index (χ0) is 10.4. The lowest BCUT2D eigenvalue weighted by atomic mass is 10.1. The maximum absolute atomic E-state index is 4.17. The second-order valence-electron chi connectivity index (χ2n) is 3.12. The molecule has 3 aromatic rings. The third-order valence-electron chi connectivity index (χ3n) is 2.30. The summed E-state index contributed by atoms with van der Waals surface area (Å²) in [6.45, 7) is 0. The van der Waals surface area contributed by atoms with E-state index in [2.05, 4.69) is 53.6 Å². The van der Waals surface area contributed by atoms with E-state index in [0.717, 1.165) is 29.9 Å². The number of benzene rings is 2. The number of hydrogen-bond donors (Lipinski definition) is 0. The molecule has 2 nitrogen and oxygen atoms in total. The molecule has 74 valence electrons. The van der Waals surface area contributed by atoms with Crippen molar-refractivity contribution < 1.29 is 0 Å². The lowest BCUT2D eigenvalue weighted by Gasteiger charge is -2.03. The van der Waals surface area contributed by atoms with E-state index in [1.165, 1.54) is 11.5 Å². The van der Waals surface area contributed by atoms with Crippen LogP contribution in [0.4, 0.5) is 0 Å². The van der Waals surface area contributed by atoms with Crippen molar-refractivity contribution in [3.05, 3.63) is 33.2 Å². The molecular formula is C10H4Br2N2S. The van der Waals surface area contributed by atoms with Gasteiger partial charge in [-0.2, -0.15) is 0 Å². The first-order valence-corrected chi connectivity index (χ1v) is 6.63. The number of fused-ring (bicyclic) bond motifs is 3. The minimum absolute atomic E-state index is 0.964. The van der Waals surface area contributed by atoms with Crippen molar-refractivity contribution in [3.8, 4) is 0 Å². The van der Waals surface area contributed by atoms with Crippen LogP contribution in [0.25, 0.3) is 21.0 Å². The van der Waals surface area contributed by atoms with E-state index in [4.69, 9.17) is 0 Å². The van der Waals surface area contributed by atoms with Crippen molar-refractivity contribution in [2.45, 2.75) is 0 Å². The van der Waals surface area contributed by atoms with Crippen LogP contribution >= 0.6 is 43.4 Å². The maximum Gasteiger partial charge on any atom is 0.115 e. The van der Waals surface area contributed by atoms with Crippen molar-refractivity contribution in [2.75, 3.05) is 0 Å². The SMILES string of the molecule is Brc1c(Br)c2snnc2c2ccccc12. The average molecular weight is 344 g/mol. The Hall–Kier alpha value is -0.520. The Morgan fingerprint density at radius 1 is 1.00 bits per heavy atom. The zero-order valence-corrected chi connectivity index (χ0v) is 11.4. The van der Waals surface area contributed by atoms with Crippen molar-refractivity contribution in [3.63, 3.8) is 0 Å². The molecule has 3 rings (SSSR count). The molecule has 0 radical (unpaired) electrons. The van der Waals surface area contributed by atoms with E-state index in [9.17, 15) is 0 Å². The highest BCUT2D eigenvalue weighted by molar-refractivity contribution is 9.13. The molecule has 0 fully saturated rings. The van der Waals surface area contributed by atoms with Crippen LogP contribution in [-0.4, -0.2) is 9.59 Å². The fourth-order valence-electron chi connectivity index (χ4n) is 1.61. The molecular weight excluding hydrogens is 340 g/mol. The predicted octanol–water partition coefficient (Wildman–Crippen LogP) is 4.37. The Balaban J connectivity index is 2.70. The maximum atomic E-state index is 4.17. The first-order valence-electron chi connectivity index (χ1n) is 4.27. The highest BCUT2D eigenvalue weighted by Gasteiger charge is 2.12. The summed E-state index contributed by atoms with van der Waals surface area (Å²) in [6.07, 6.45) is 0. The van der Waals surface area contributed by atoms with E-state index in [1.54, 1.807) is 0 Å². The van der Waals surface area contributed by atoms with Crippen LogP contribution in [0.5, 0.6) is 0 Å². The van der Waals surface area contributed by atoms with Crippen LogP contribution in [0.2, 0.25) is 0 Å². The summed E-state index contributed by atoms with van der Waals surface area (Å²) in [5.41, 5.74) is 0.964. The van der Waals surface area contributed by atoms with Crippen molar-refractivity contribution in [1.29, 1.82) is 0 Å². The van der Waals surface area contributed by atoms with Crippen LogP contribution in [-0.2, 0) is 0 Å². The van der Waals surface area contributed by atoms with Crippen LogP contribution in [0, 0.1) is 0 Å². The summed E-state index contributed by atoms with van der Waals surface area (Å²) in [4.78, 5) is 0. The van der Waals surface area contributed by atoms with Crippen LogP contribution in [0.3, 0.4) is 0 Å². The zero-order valence-electron chi connectivity index (χ0n) is 7.37. The van der Waals surface area contributed by atoms with Gasteiger partial charge in [-0.3, -0.25) is 0 Å². The smallest absolute Gasteiger partial charge is 0.115 e. The fourth-order valence-corrected chi connectivity index (χ4v) is 3.53. The molecule has 0 unspecified atom stereocenters. The Morgan fingerprint density at radius 2 is 1.73 bits per heavy atom. The van der Waals surface area contributed by atoms with Crippen LogP contribution in [0.1, 0.15) is 0 Å². The molecule has 0 spiro atoms. The summed E-state index contributed by atoms with van der Waals surface area (Å²) in [5.74, 6) is 0. The first kappa shape index (κ1) is 9.69. The summed E-state index contributed by atoms with van der Waals surface area (Å²) in [7, 11) is 0. The molecule has 0 aliphatic carbocycles. The van der Waals surface area contributed by atoms with Crippen molar-refractivity contribution >= 4 is 64.4 Å². The van der Waals surface area contributed by atoms with Gasteiger partial charge in [0.05, 0.1) is 9.17 Å². The fraction of sp³-hybridized carbons (Fsp3) is 0. The van der Waals surface area contributed by atoms with E-state index >= 15 is 0 Å². The molecule has 0 atom stereocenters. The molecule has 2 aromatic carbocycles. The van der Waals surface area contributed by atoms with Crippen LogP contribution in [0.15, 0.2) is 33.2 Å². The quantitative estimate of drug-likeness (QED) is 0.605. The third kappa shape index (κ3) is 1.33. The molecule has 0 N–H and O–H groups in total. The predicted molar refractivity (Wildman–Crippen MR) is 70.3 cm³/mol. The Kier molecular flexibility index (Phi) is 2.26. The molecule has 0 bridgehead atoms. The summed E-state index contributed by atoms with van der Waals surface area (Å²) >= 11 is 8.56. The number of rotatable bonds is 0. The van der Waals surface area contributed by atoms with Crippen molar-refractivity contribution in [1.82, 2.24) is 9.59 Å². The van der Waals surface area contributed by atoms with Crippen LogP contribution < -0.4 is 0 Å². The highest BCUT2D eigenvalue weighted by Crippen LogP contribution is 2.39. The molecule has 1 aromatic heterocycles. The molecule has 0 aliphatic heterocycles. The Morgan fingerprint density at radius 3 is 2.53 bits per heavy atom. The van der Waals surface area contributed by atoms with E-state index in [1.807, 2.05) is 12.1 Å². The average Bonchev–Trinajstić information content (AvgIpc) is 2.75. The van der Waals surface area contributed by atoms with Gasteiger partial charge in [-0.25, -0.2) is 0 Å². The van der Waals surface area contributed by atoms with Gasteiger partial charge in [0.25, 0.3) is 0 Å². The molecule has 0 amide bonds. The Bertz CT molecular complexity index is 663. The minimum Gasteiger partial charge on any atom is -0.137 e. The number of hydrogen-bond acceptors (Lipinski definition) is 3. The van der Waals surface area contributed by atoms with E-state index in [-0.39, 0.29) is 0 Å². The summed E-state index contributed by atoms with van der Waals surface area (Å²) < 4.78 is 7.18. The van der Waals surface area contributed by atoms with Gasteiger partial charge in [-0.15, -0.1) is 5.10 Å². The summed E-state index contributed by atoms with van der Waals surface area (Å²) in [5, 5.41) is 6.46. The molecule has 1 heterocycles. The van der Waals surface area contributed by atoms with Gasteiger partial charge in [-0.1, -0.05) is 28.8 Å². The van der Waals surface area contributed by atoms with Gasteiger partial charge in [0.1, 0.15) is 5.52 Å². The van der Waals surface area contributed by atoms with E-state index < -0.39 is 0 Å². The molecule has 5 heteroatoms. The molecule has 0 saturated heterocycles. The first-order chi connectivity index (χ1) is 7.29. The third-order valence-corrected chi connectivity index (χ3v) is 5.45. The molecule has 0 saturated carbocycles. The highest BCUT2D eigenvalue weighted by atomic mass is 79.9. The van der Waals surface area contributed by atoms with Gasteiger partial charge in [0.15, 0.2) is 0 Å². The second-order valence-corrected chi connectivity index (χ2v) is 5.46. The lowest BCUT2D eigenvalue weighted by molar-refractivity contribution is 1.20. The second kappa shape index (κ2) is 3.50. The van der Waals surface area contributed by atoms with E-state index in [0.29, 0.717) is 0 Å². The van der Waals surface area contributed by atoms with Gasteiger partial charge in [0.2, 0.25) is 0 Å². The van der Waals surface area contributed by atoms with Gasteiger partial charge in [0, 0.05) is 9.86 Å². The standard InChI is InChI=1S/C10H4Br2N2S/c11-7-5-3-1-2-4-6(5)9-10(8(7)12)15-14-13-9/h1-4H.